The van der Waals surface area contributed by atoms with Crippen molar-refractivity contribution in [3.05, 3.63) is 17.0 Å². The zero-order chi connectivity index (χ0) is 18.0. The van der Waals surface area contributed by atoms with Gasteiger partial charge in [-0.3, -0.25) is 4.79 Å². The molecule has 2 saturated heterocycles. The van der Waals surface area contributed by atoms with E-state index in [-0.39, 0.29) is 11.8 Å². The molecule has 8 heteroatoms. The second-order valence-electron chi connectivity index (χ2n) is 6.80. The molecule has 1 amide bonds. The van der Waals surface area contributed by atoms with Crippen LogP contribution in [0.2, 0.25) is 0 Å². The molecule has 140 valence electrons. The van der Waals surface area contributed by atoms with Crippen molar-refractivity contribution in [3.63, 3.8) is 0 Å². The zero-order valence-corrected chi connectivity index (χ0v) is 16.6. The van der Waals surface area contributed by atoms with E-state index in [0.717, 1.165) is 37.6 Å². The average molecular weight is 386 g/mol. The van der Waals surface area contributed by atoms with Crippen molar-refractivity contribution in [2.24, 2.45) is 5.92 Å². The Hall–Kier alpha value is -0.960. The number of thiophene rings is 1. The Morgan fingerprint density at radius 3 is 2.28 bits per heavy atom. The number of rotatable bonds is 4. The number of nitrogens with zero attached hydrogens (tertiary/aromatic N) is 3. The Kier molecular flexibility index (Phi) is 5.82. The van der Waals surface area contributed by atoms with Gasteiger partial charge in [0, 0.05) is 50.1 Å². The summed E-state index contributed by atoms with van der Waals surface area (Å²) in [5.74, 6) is 0.171. The smallest absolute Gasteiger partial charge is 0.252 e. The number of sulfonamides is 1. The number of likely N-dealkylation sites (N-methyl/N-ethyl adjacent to an activating group) is 1. The molecule has 0 unspecified atom stereocenters. The molecule has 0 aliphatic carbocycles. The minimum atomic E-state index is -3.41. The van der Waals surface area contributed by atoms with Gasteiger partial charge in [-0.15, -0.1) is 11.3 Å². The Bertz CT molecular complexity index is 700. The van der Waals surface area contributed by atoms with Crippen LogP contribution >= 0.6 is 11.3 Å². The van der Waals surface area contributed by atoms with Crippen LogP contribution in [0.1, 0.15) is 24.6 Å². The molecule has 0 N–H and O–H groups in total. The highest BCUT2D eigenvalue weighted by molar-refractivity contribution is 7.91. The second kappa shape index (κ2) is 7.73. The van der Waals surface area contributed by atoms with Gasteiger partial charge in [0.05, 0.1) is 0 Å². The van der Waals surface area contributed by atoms with E-state index in [1.54, 1.807) is 6.07 Å². The Balaban J connectivity index is 1.56. The van der Waals surface area contributed by atoms with Crippen molar-refractivity contribution in [3.8, 4) is 0 Å². The van der Waals surface area contributed by atoms with Crippen LogP contribution in [-0.4, -0.2) is 74.2 Å². The van der Waals surface area contributed by atoms with Gasteiger partial charge in [0.1, 0.15) is 4.21 Å². The summed E-state index contributed by atoms with van der Waals surface area (Å²) in [6, 6.07) is 3.52. The van der Waals surface area contributed by atoms with Crippen LogP contribution in [0.25, 0.3) is 0 Å². The summed E-state index contributed by atoms with van der Waals surface area (Å²) in [5.41, 5.74) is 0. The van der Waals surface area contributed by atoms with Crippen LogP contribution < -0.4 is 0 Å². The maximum Gasteiger partial charge on any atom is 0.252 e. The van der Waals surface area contributed by atoms with Gasteiger partial charge in [0.2, 0.25) is 5.91 Å². The number of carbonyl (C=O) groups excluding carboxylic acids is 1. The first kappa shape index (κ1) is 18.8. The van der Waals surface area contributed by atoms with Gasteiger partial charge in [0.15, 0.2) is 0 Å². The fraction of sp³-hybridized carbons (Fsp3) is 0.706. The van der Waals surface area contributed by atoms with Gasteiger partial charge in [-0.25, -0.2) is 8.42 Å². The molecule has 0 spiro atoms. The van der Waals surface area contributed by atoms with Crippen LogP contribution in [0.3, 0.4) is 0 Å². The molecule has 2 fully saturated rings. The standard InChI is InChI=1S/C17H27N3O3S2/c1-3-18-10-12-19(13-11-18)17(21)15-6-8-20(9-7-15)25(22,23)16-5-4-14(2)24-16/h4-5,15H,3,6-13H2,1-2H3. The molecule has 3 heterocycles. The van der Waals surface area contributed by atoms with Crippen molar-refractivity contribution in [1.82, 2.24) is 14.1 Å². The third-order valence-electron chi connectivity index (χ3n) is 5.24. The largest absolute Gasteiger partial charge is 0.340 e. The summed E-state index contributed by atoms with van der Waals surface area (Å²) in [7, 11) is -3.41. The summed E-state index contributed by atoms with van der Waals surface area (Å²) >= 11 is 1.31. The van der Waals surface area contributed by atoms with Gasteiger partial charge in [-0.1, -0.05) is 6.92 Å². The molecule has 0 saturated carbocycles. The number of piperazine rings is 1. The summed E-state index contributed by atoms with van der Waals surface area (Å²) < 4.78 is 27.3. The molecule has 1 aromatic rings. The number of piperidine rings is 1. The molecule has 0 aromatic carbocycles. The zero-order valence-electron chi connectivity index (χ0n) is 15.0. The van der Waals surface area contributed by atoms with E-state index in [2.05, 4.69) is 11.8 Å². The van der Waals surface area contributed by atoms with E-state index in [0.29, 0.717) is 30.1 Å². The average Bonchev–Trinajstić information content (AvgIpc) is 3.08. The normalized spacial score (nSPS) is 21.6. The number of aryl methyl sites for hydroxylation is 1. The maximum absolute atomic E-state index is 12.7. The molecular formula is C17H27N3O3S2. The van der Waals surface area contributed by atoms with E-state index < -0.39 is 10.0 Å². The monoisotopic (exact) mass is 385 g/mol. The molecule has 0 bridgehead atoms. The maximum atomic E-state index is 12.7. The van der Waals surface area contributed by atoms with E-state index in [1.807, 2.05) is 17.9 Å². The predicted octanol–water partition coefficient (Wildman–Crippen LogP) is 1.62. The third kappa shape index (κ3) is 4.07. The van der Waals surface area contributed by atoms with E-state index >= 15 is 0 Å². The molecule has 25 heavy (non-hydrogen) atoms. The molecule has 2 aliphatic rings. The van der Waals surface area contributed by atoms with Crippen LogP contribution in [0.4, 0.5) is 0 Å². The van der Waals surface area contributed by atoms with Crippen molar-refractivity contribution < 1.29 is 13.2 Å². The van der Waals surface area contributed by atoms with Gasteiger partial charge < -0.3 is 9.80 Å². The number of hydrogen-bond donors (Lipinski definition) is 0. The topological polar surface area (TPSA) is 60.9 Å². The highest BCUT2D eigenvalue weighted by Crippen LogP contribution is 2.29. The quantitative estimate of drug-likeness (QED) is 0.790. The third-order valence-corrected chi connectivity index (χ3v) is 8.61. The van der Waals surface area contributed by atoms with Crippen molar-refractivity contribution in [2.45, 2.75) is 30.9 Å². The Morgan fingerprint density at radius 1 is 1.12 bits per heavy atom. The molecular weight excluding hydrogens is 358 g/mol. The lowest BCUT2D eigenvalue weighted by Crippen LogP contribution is -2.51. The van der Waals surface area contributed by atoms with Gasteiger partial charge in [-0.05, 0) is 38.4 Å². The van der Waals surface area contributed by atoms with Gasteiger partial charge in [0.25, 0.3) is 10.0 Å². The van der Waals surface area contributed by atoms with Crippen LogP contribution in [0.15, 0.2) is 16.3 Å². The Morgan fingerprint density at radius 2 is 1.76 bits per heavy atom. The molecule has 0 atom stereocenters. The van der Waals surface area contributed by atoms with Crippen molar-refractivity contribution in [1.29, 1.82) is 0 Å². The summed E-state index contributed by atoms with van der Waals surface area (Å²) in [4.78, 5) is 18.0. The predicted molar refractivity (Wildman–Crippen MR) is 99.2 cm³/mol. The lowest BCUT2D eigenvalue weighted by molar-refractivity contribution is -0.138. The van der Waals surface area contributed by atoms with E-state index in [4.69, 9.17) is 0 Å². The molecule has 2 aliphatic heterocycles. The highest BCUT2D eigenvalue weighted by Gasteiger charge is 2.34. The molecule has 6 nitrogen and oxygen atoms in total. The molecule has 1 aromatic heterocycles. The second-order valence-corrected chi connectivity index (χ2v) is 10.3. The van der Waals surface area contributed by atoms with Gasteiger partial charge in [-0.2, -0.15) is 4.31 Å². The SMILES string of the molecule is CCN1CCN(C(=O)C2CCN(S(=O)(=O)c3ccc(C)s3)CC2)CC1. The summed E-state index contributed by atoms with van der Waals surface area (Å²) in [6.45, 7) is 9.41. The van der Waals surface area contributed by atoms with E-state index in [9.17, 15) is 13.2 Å². The van der Waals surface area contributed by atoms with Gasteiger partial charge >= 0.3 is 0 Å². The first-order valence-corrected chi connectivity index (χ1v) is 11.2. The van der Waals surface area contributed by atoms with E-state index in [1.165, 1.54) is 15.6 Å². The first-order valence-electron chi connectivity index (χ1n) is 8.99. The lowest BCUT2D eigenvalue weighted by atomic mass is 9.96. The van der Waals surface area contributed by atoms with Crippen molar-refractivity contribution >= 4 is 27.3 Å². The lowest BCUT2D eigenvalue weighted by Gasteiger charge is -2.38. The van der Waals surface area contributed by atoms with Crippen LogP contribution in [0, 0.1) is 12.8 Å². The van der Waals surface area contributed by atoms with Crippen LogP contribution in [-0.2, 0) is 14.8 Å². The number of amides is 1. The number of carbonyl (C=O) groups is 1. The van der Waals surface area contributed by atoms with Crippen molar-refractivity contribution in [2.75, 3.05) is 45.8 Å². The minimum Gasteiger partial charge on any atom is -0.340 e. The fourth-order valence-corrected chi connectivity index (χ4v) is 6.47. The summed E-state index contributed by atoms with van der Waals surface area (Å²) in [5, 5.41) is 0. The minimum absolute atomic E-state index is 0.0373. The van der Waals surface area contributed by atoms with Crippen LogP contribution in [0.5, 0.6) is 0 Å². The highest BCUT2D eigenvalue weighted by atomic mass is 32.2. The Labute approximate surface area is 154 Å². The fourth-order valence-electron chi connectivity index (χ4n) is 3.56. The molecule has 0 radical (unpaired) electrons. The first-order chi connectivity index (χ1) is 11.9. The summed E-state index contributed by atoms with van der Waals surface area (Å²) in [6.07, 6.45) is 1.24. The number of hydrogen-bond acceptors (Lipinski definition) is 5. The molecule has 3 rings (SSSR count).